The topological polar surface area (TPSA) is 64.5 Å². The van der Waals surface area contributed by atoms with Crippen molar-refractivity contribution < 1.29 is 9.90 Å². The van der Waals surface area contributed by atoms with Gasteiger partial charge in [0, 0.05) is 15.5 Å². The predicted molar refractivity (Wildman–Crippen MR) is 76.1 cm³/mol. The molecule has 0 atom stereocenters. The first-order valence-electron chi connectivity index (χ1n) is 5.42. The monoisotopic (exact) mass is 293 g/mol. The van der Waals surface area contributed by atoms with Crippen LogP contribution in [0.4, 0.5) is 5.69 Å². The quantitative estimate of drug-likeness (QED) is 0.696. The van der Waals surface area contributed by atoms with Gasteiger partial charge in [0.1, 0.15) is 0 Å². The first kappa shape index (κ1) is 13.6. The van der Waals surface area contributed by atoms with Gasteiger partial charge in [0.25, 0.3) is 0 Å². The molecule has 2 aromatic rings. The van der Waals surface area contributed by atoms with Gasteiger partial charge in [-0.2, -0.15) is 5.10 Å². The molecule has 1 aromatic carbocycles. The van der Waals surface area contributed by atoms with Crippen molar-refractivity contribution in [2.24, 2.45) is 5.10 Å². The van der Waals surface area contributed by atoms with Gasteiger partial charge >= 0.3 is 0 Å². The molecule has 1 N–H and O–H groups in total. The fraction of sp³-hybridized carbons (Fsp3) is 0.0769. The molecule has 0 fully saturated rings. The van der Waals surface area contributed by atoms with Gasteiger partial charge in [-0.3, -0.25) is 5.43 Å². The number of carboxylic acids is 1. The molecule has 0 spiro atoms. The summed E-state index contributed by atoms with van der Waals surface area (Å²) in [5.41, 5.74) is 4.38. The number of benzene rings is 1. The summed E-state index contributed by atoms with van der Waals surface area (Å²) in [5, 5.41) is 17.0. The third-order valence-electron chi connectivity index (χ3n) is 2.46. The molecule has 6 heteroatoms. The van der Waals surface area contributed by atoms with E-state index in [1.807, 2.05) is 18.4 Å². The molecule has 0 saturated carbocycles. The molecule has 2 rings (SSSR count). The molecule has 0 aliphatic carbocycles. The second-order valence-electron chi connectivity index (χ2n) is 3.82. The van der Waals surface area contributed by atoms with Crippen molar-refractivity contribution >= 4 is 40.8 Å². The standard InChI is InChI=1S/C13H11ClN2O2S/c1-8-4-5-19-12(8)7-15-16-9-2-3-11(14)10(6-9)13(17)18/h2-7,16H,1H3,(H,17,18)/p-1/b15-7-. The van der Waals surface area contributed by atoms with Crippen LogP contribution in [0.15, 0.2) is 34.7 Å². The lowest BCUT2D eigenvalue weighted by Gasteiger charge is -2.07. The fourth-order valence-corrected chi connectivity index (χ4v) is 2.41. The highest BCUT2D eigenvalue weighted by Crippen LogP contribution is 2.20. The second-order valence-corrected chi connectivity index (χ2v) is 5.17. The average molecular weight is 294 g/mol. The zero-order valence-corrected chi connectivity index (χ0v) is 11.6. The molecule has 98 valence electrons. The van der Waals surface area contributed by atoms with Gasteiger partial charge < -0.3 is 9.90 Å². The maximum absolute atomic E-state index is 10.8. The number of thiophene rings is 1. The summed E-state index contributed by atoms with van der Waals surface area (Å²) in [6.07, 6.45) is 1.69. The van der Waals surface area contributed by atoms with E-state index in [-0.39, 0.29) is 10.6 Å². The molecule has 0 aliphatic rings. The van der Waals surface area contributed by atoms with Crippen molar-refractivity contribution in [3.63, 3.8) is 0 Å². The number of aryl methyl sites for hydroxylation is 1. The van der Waals surface area contributed by atoms with Gasteiger partial charge in [-0.1, -0.05) is 11.6 Å². The Balaban J connectivity index is 2.12. The molecule has 1 aromatic heterocycles. The minimum atomic E-state index is -1.31. The zero-order chi connectivity index (χ0) is 13.8. The lowest BCUT2D eigenvalue weighted by Crippen LogP contribution is -2.22. The largest absolute Gasteiger partial charge is 0.545 e. The van der Waals surface area contributed by atoms with Gasteiger partial charge in [0.05, 0.1) is 17.9 Å². The Morgan fingerprint density at radius 2 is 2.26 bits per heavy atom. The number of hydrazone groups is 1. The Hall–Kier alpha value is -1.85. The molecule has 1 heterocycles. The van der Waals surface area contributed by atoms with E-state index in [0.29, 0.717) is 5.69 Å². The van der Waals surface area contributed by atoms with Crippen LogP contribution in [0.3, 0.4) is 0 Å². The van der Waals surface area contributed by atoms with Crippen LogP contribution in [-0.4, -0.2) is 12.2 Å². The second kappa shape index (κ2) is 5.86. The summed E-state index contributed by atoms with van der Waals surface area (Å²) < 4.78 is 0. The highest BCUT2D eigenvalue weighted by molar-refractivity contribution is 7.11. The van der Waals surface area contributed by atoms with Gasteiger partial charge in [-0.05, 0) is 42.1 Å². The Bertz CT molecular complexity index is 637. The molecule has 0 saturated heterocycles. The summed E-state index contributed by atoms with van der Waals surface area (Å²) in [4.78, 5) is 11.9. The number of carboxylic acid groups (broad SMARTS) is 1. The molecular weight excluding hydrogens is 284 g/mol. The number of halogens is 1. The molecule has 0 unspecified atom stereocenters. The number of hydrogen-bond acceptors (Lipinski definition) is 5. The third kappa shape index (κ3) is 3.33. The van der Waals surface area contributed by atoms with Crippen LogP contribution in [0.5, 0.6) is 0 Å². The van der Waals surface area contributed by atoms with Crippen LogP contribution in [0.25, 0.3) is 0 Å². The number of carbonyl (C=O) groups is 1. The minimum Gasteiger partial charge on any atom is -0.545 e. The zero-order valence-electron chi connectivity index (χ0n) is 10.0. The first-order valence-corrected chi connectivity index (χ1v) is 6.68. The van der Waals surface area contributed by atoms with E-state index in [2.05, 4.69) is 10.5 Å². The highest BCUT2D eigenvalue weighted by Gasteiger charge is 2.02. The number of aromatic carboxylic acids is 1. The molecule has 19 heavy (non-hydrogen) atoms. The van der Waals surface area contributed by atoms with Crippen molar-refractivity contribution in [1.82, 2.24) is 0 Å². The van der Waals surface area contributed by atoms with Crippen molar-refractivity contribution in [1.29, 1.82) is 0 Å². The Kier molecular flexibility index (Phi) is 4.19. The van der Waals surface area contributed by atoms with Crippen LogP contribution in [0, 0.1) is 6.92 Å². The lowest BCUT2D eigenvalue weighted by atomic mass is 10.2. The molecule has 4 nitrogen and oxygen atoms in total. The van der Waals surface area contributed by atoms with Crippen LogP contribution >= 0.6 is 22.9 Å². The number of nitrogens with one attached hydrogen (secondary N) is 1. The number of carbonyl (C=O) groups excluding carboxylic acids is 1. The summed E-state index contributed by atoms with van der Waals surface area (Å²) in [6, 6.07) is 6.52. The third-order valence-corrected chi connectivity index (χ3v) is 3.75. The maximum Gasteiger partial charge on any atom is 0.0731 e. The Morgan fingerprint density at radius 1 is 1.47 bits per heavy atom. The minimum absolute atomic E-state index is 0.0610. The lowest BCUT2D eigenvalue weighted by molar-refractivity contribution is -0.255. The summed E-state index contributed by atoms with van der Waals surface area (Å²) in [7, 11) is 0. The van der Waals surface area contributed by atoms with E-state index in [1.165, 1.54) is 12.1 Å². The number of nitrogens with zero attached hydrogens (tertiary/aromatic N) is 1. The van der Waals surface area contributed by atoms with E-state index in [1.54, 1.807) is 23.6 Å². The van der Waals surface area contributed by atoms with Crippen molar-refractivity contribution in [2.75, 3.05) is 5.43 Å². The van der Waals surface area contributed by atoms with Crippen molar-refractivity contribution in [3.8, 4) is 0 Å². The summed E-state index contributed by atoms with van der Waals surface area (Å²) in [6.45, 7) is 1.99. The van der Waals surface area contributed by atoms with Crippen molar-refractivity contribution in [3.05, 3.63) is 50.7 Å². The summed E-state index contributed by atoms with van der Waals surface area (Å²) >= 11 is 7.32. The molecule has 0 radical (unpaired) electrons. The molecular formula is C13H10ClN2O2S-. The van der Waals surface area contributed by atoms with Gasteiger partial charge in [0.15, 0.2) is 0 Å². The van der Waals surface area contributed by atoms with Crippen molar-refractivity contribution in [2.45, 2.75) is 6.92 Å². The van der Waals surface area contributed by atoms with Crippen LogP contribution in [0.1, 0.15) is 20.8 Å². The predicted octanol–water partition coefficient (Wildman–Crippen LogP) is 2.52. The van der Waals surface area contributed by atoms with Crippen LogP contribution in [-0.2, 0) is 0 Å². The van der Waals surface area contributed by atoms with E-state index >= 15 is 0 Å². The van der Waals surface area contributed by atoms with Gasteiger partial charge in [-0.15, -0.1) is 11.3 Å². The van der Waals surface area contributed by atoms with Gasteiger partial charge in [-0.25, -0.2) is 0 Å². The number of anilines is 1. The van der Waals surface area contributed by atoms with Crippen LogP contribution < -0.4 is 10.5 Å². The van der Waals surface area contributed by atoms with E-state index in [0.717, 1.165) is 10.4 Å². The summed E-state index contributed by atoms with van der Waals surface area (Å²) in [5.74, 6) is -1.31. The molecule has 0 aliphatic heterocycles. The number of rotatable bonds is 4. The fourth-order valence-electron chi connectivity index (χ4n) is 1.43. The number of hydrogen-bond donors (Lipinski definition) is 1. The Labute approximate surface area is 119 Å². The SMILES string of the molecule is Cc1ccsc1/C=N\Nc1ccc(Cl)c(C(=O)[O-])c1. The van der Waals surface area contributed by atoms with E-state index < -0.39 is 5.97 Å². The normalized spacial score (nSPS) is 10.8. The highest BCUT2D eigenvalue weighted by atomic mass is 35.5. The maximum atomic E-state index is 10.8. The Morgan fingerprint density at radius 3 is 2.89 bits per heavy atom. The van der Waals surface area contributed by atoms with E-state index in [9.17, 15) is 9.90 Å². The smallest absolute Gasteiger partial charge is 0.0731 e. The van der Waals surface area contributed by atoms with E-state index in [4.69, 9.17) is 11.6 Å². The molecule has 0 amide bonds. The van der Waals surface area contributed by atoms with Crippen LogP contribution in [0.2, 0.25) is 5.02 Å². The first-order chi connectivity index (χ1) is 9.08. The average Bonchev–Trinajstić information content (AvgIpc) is 2.77. The molecule has 0 bridgehead atoms. The van der Waals surface area contributed by atoms with Gasteiger partial charge in [0.2, 0.25) is 0 Å².